The maximum Gasteiger partial charge on any atom is 0.263 e. The highest BCUT2D eigenvalue weighted by molar-refractivity contribution is 5.87. The lowest BCUT2D eigenvalue weighted by Gasteiger charge is -2.41. The Hall–Kier alpha value is -1.69. The first-order valence-electron chi connectivity index (χ1n) is 6.53. The van der Waals surface area contributed by atoms with Crippen molar-refractivity contribution in [2.45, 2.75) is 32.8 Å². The largest absolute Gasteiger partial charge is 0.390 e. The van der Waals surface area contributed by atoms with E-state index < -0.39 is 5.60 Å². The van der Waals surface area contributed by atoms with E-state index in [4.69, 9.17) is 4.52 Å². The molecule has 0 radical (unpaired) electrons. The third-order valence-corrected chi connectivity index (χ3v) is 4.17. The third-order valence-electron chi connectivity index (χ3n) is 4.17. The van der Waals surface area contributed by atoms with Crippen molar-refractivity contribution in [3.05, 3.63) is 12.0 Å². The van der Waals surface area contributed by atoms with E-state index in [2.05, 4.69) is 26.9 Å². The number of nitrogens with zero attached hydrogens (tertiary/aromatic N) is 4. The van der Waals surface area contributed by atoms with Crippen LogP contribution in [0.2, 0.25) is 0 Å². The van der Waals surface area contributed by atoms with E-state index in [9.17, 15) is 5.11 Å². The standard InChI is InChI=1S/C13H18N4O2/c1-8-6-17(5-4-13(8,3)18)11-10-9(2)16-19-12(10)15-7-14-11/h7-8,18H,4-6H2,1-3H3/t8-,13+/m1/s1. The van der Waals surface area contributed by atoms with Gasteiger partial charge in [0.05, 0.1) is 11.3 Å². The SMILES string of the molecule is Cc1noc2ncnc(N3CC[C@](C)(O)[C@H](C)C3)c12. The zero-order chi connectivity index (χ0) is 13.6. The first-order chi connectivity index (χ1) is 8.99. The molecular weight excluding hydrogens is 244 g/mol. The molecule has 0 aromatic carbocycles. The van der Waals surface area contributed by atoms with Gasteiger partial charge in [0, 0.05) is 19.0 Å². The molecule has 1 aliphatic rings. The summed E-state index contributed by atoms with van der Waals surface area (Å²) < 4.78 is 5.17. The summed E-state index contributed by atoms with van der Waals surface area (Å²) in [6, 6.07) is 0. The molecule has 0 amide bonds. The van der Waals surface area contributed by atoms with Crippen molar-refractivity contribution < 1.29 is 9.63 Å². The molecule has 0 aliphatic carbocycles. The van der Waals surface area contributed by atoms with Crippen LogP contribution >= 0.6 is 0 Å². The van der Waals surface area contributed by atoms with E-state index in [0.29, 0.717) is 5.71 Å². The molecule has 102 valence electrons. The van der Waals surface area contributed by atoms with Crippen LogP contribution in [0.1, 0.15) is 26.0 Å². The van der Waals surface area contributed by atoms with Crippen LogP contribution in [0.4, 0.5) is 5.82 Å². The molecule has 3 rings (SSSR count). The Morgan fingerprint density at radius 1 is 1.47 bits per heavy atom. The molecule has 1 N–H and O–H groups in total. The molecule has 0 saturated carbocycles. The van der Waals surface area contributed by atoms with E-state index in [0.717, 1.165) is 36.4 Å². The lowest BCUT2D eigenvalue weighted by Crippen LogP contribution is -2.49. The van der Waals surface area contributed by atoms with Crippen molar-refractivity contribution >= 4 is 16.9 Å². The van der Waals surface area contributed by atoms with E-state index in [-0.39, 0.29) is 5.92 Å². The van der Waals surface area contributed by atoms with Gasteiger partial charge in [-0.15, -0.1) is 0 Å². The highest BCUT2D eigenvalue weighted by Gasteiger charge is 2.35. The maximum absolute atomic E-state index is 10.2. The third kappa shape index (κ3) is 1.96. The molecule has 1 fully saturated rings. The molecule has 0 unspecified atom stereocenters. The predicted octanol–water partition coefficient (Wildman–Crippen LogP) is 1.52. The minimum atomic E-state index is -0.605. The fourth-order valence-corrected chi connectivity index (χ4v) is 2.56. The molecule has 2 aromatic rings. The number of anilines is 1. The summed E-state index contributed by atoms with van der Waals surface area (Å²) >= 11 is 0. The summed E-state index contributed by atoms with van der Waals surface area (Å²) in [5, 5.41) is 15.1. The number of aryl methyl sites for hydroxylation is 1. The number of hydrogen-bond donors (Lipinski definition) is 1. The first kappa shape index (κ1) is 12.3. The Balaban J connectivity index is 1.99. The average Bonchev–Trinajstić information content (AvgIpc) is 2.75. The summed E-state index contributed by atoms with van der Waals surface area (Å²) in [6.07, 6.45) is 2.23. The van der Waals surface area contributed by atoms with Gasteiger partial charge in [0.25, 0.3) is 5.71 Å². The number of fused-ring (bicyclic) bond motifs is 1. The molecule has 0 bridgehead atoms. The van der Waals surface area contributed by atoms with E-state index in [1.807, 2.05) is 13.8 Å². The summed E-state index contributed by atoms with van der Waals surface area (Å²) in [4.78, 5) is 10.6. The van der Waals surface area contributed by atoms with Crippen LogP contribution in [0, 0.1) is 12.8 Å². The maximum atomic E-state index is 10.2. The van der Waals surface area contributed by atoms with E-state index in [1.165, 1.54) is 6.33 Å². The van der Waals surface area contributed by atoms with Gasteiger partial charge in [-0.25, -0.2) is 4.98 Å². The monoisotopic (exact) mass is 262 g/mol. The summed E-state index contributed by atoms with van der Waals surface area (Å²) in [7, 11) is 0. The lowest BCUT2D eigenvalue weighted by molar-refractivity contribution is -0.00942. The predicted molar refractivity (Wildman–Crippen MR) is 71.0 cm³/mol. The highest BCUT2D eigenvalue weighted by atomic mass is 16.5. The second kappa shape index (κ2) is 4.16. The van der Waals surface area contributed by atoms with Crippen LogP contribution < -0.4 is 4.90 Å². The number of hydrogen-bond acceptors (Lipinski definition) is 6. The molecule has 0 spiro atoms. The van der Waals surface area contributed by atoms with Gasteiger partial charge in [0.1, 0.15) is 17.5 Å². The first-order valence-corrected chi connectivity index (χ1v) is 6.53. The Morgan fingerprint density at radius 3 is 3.00 bits per heavy atom. The van der Waals surface area contributed by atoms with E-state index in [1.54, 1.807) is 0 Å². The average molecular weight is 262 g/mol. The molecule has 2 atom stereocenters. The Bertz CT molecular complexity index is 608. The molecule has 1 aliphatic heterocycles. The Kier molecular flexibility index (Phi) is 2.70. The minimum absolute atomic E-state index is 0.187. The summed E-state index contributed by atoms with van der Waals surface area (Å²) in [5.74, 6) is 1.04. The Labute approximate surface area is 111 Å². The van der Waals surface area contributed by atoms with Gasteiger partial charge in [0.15, 0.2) is 0 Å². The highest BCUT2D eigenvalue weighted by Crippen LogP contribution is 2.33. The molecule has 3 heterocycles. The second-order valence-electron chi connectivity index (χ2n) is 5.60. The lowest BCUT2D eigenvalue weighted by atomic mass is 9.84. The molecule has 2 aromatic heterocycles. The van der Waals surface area contributed by atoms with Crippen molar-refractivity contribution in [1.82, 2.24) is 15.1 Å². The van der Waals surface area contributed by atoms with Gasteiger partial charge in [-0.3, -0.25) is 0 Å². The molecular formula is C13H18N4O2. The van der Waals surface area contributed by atoms with Crippen molar-refractivity contribution in [2.75, 3.05) is 18.0 Å². The van der Waals surface area contributed by atoms with Crippen molar-refractivity contribution in [2.24, 2.45) is 5.92 Å². The normalized spacial score (nSPS) is 28.0. The van der Waals surface area contributed by atoms with Crippen molar-refractivity contribution in [3.8, 4) is 0 Å². The van der Waals surface area contributed by atoms with Gasteiger partial charge >= 0.3 is 0 Å². The smallest absolute Gasteiger partial charge is 0.263 e. The number of rotatable bonds is 1. The van der Waals surface area contributed by atoms with Gasteiger partial charge in [-0.1, -0.05) is 12.1 Å². The van der Waals surface area contributed by atoms with Crippen molar-refractivity contribution in [1.29, 1.82) is 0 Å². The van der Waals surface area contributed by atoms with Gasteiger partial charge in [-0.2, -0.15) is 4.98 Å². The molecule has 6 nitrogen and oxygen atoms in total. The Morgan fingerprint density at radius 2 is 2.26 bits per heavy atom. The van der Waals surface area contributed by atoms with Gasteiger partial charge in [0.2, 0.25) is 0 Å². The van der Waals surface area contributed by atoms with Crippen molar-refractivity contribution in [3.63, 3.8) is 0 Å². The molecule has 19 heavy (non-hydrogen) atoms. The van der Waals surface area contributed by atoms with Crippen LogP contribution in [-0.4, -0.2) is 38.9 Å². The van der Waals surface area contributed by atoms with Crippen LogP contribution in [0.3, 0.4) is 0 Å². The topological polar surface area (TPSA) is 75.3 Å². The molecule has 6 heteroatoms. The quantitative estimate of drug-likeness (QED) is 0.840. The number of aromatic nitrogens is 3. The number of aliphatic hydroxyl groups is 1. The number of piperidine rings is 1. The zero-order valence-electron chi connectivity index (χ0n) is 11.4. The summed E-state index contributed by atoms with van der Waals surface area (Å²) in [6.45, 7) is 7.39. The fourth-order valence-electron chi connectivity index (χ4n) is 2.56. The van der Waals surface area contributed by atoms with Crippen LogP contribution in [0.25, 0.3) is 11.1 Å². The second-order valence-corrected chi connectivity index (χ2v) is 5.60. The van der Waals surface area contributed by atoms with Crippen LogP contribution in [-0.2, 0) is 0 Å². The fraction of sp³-hybridized carbons (Fsp3) is 0.615. The van der Waals surface area contributed by atoms with Gasteiger partial charge < -0.3 is 14.5 Å². The summed E-state index contributed by atoms with van der Waals surface area (Å²) in [5.41, 5.74) is 0.717. The van der Waals surface area contributed by atoms with Gasteiger partial charge in [-0.05, 0) is 20.3 Å². The van der Waals surface area contributed by atoms with Crippen LogP contribution in [0.5, 0.6) is 0 Å². The zero-order valence-corrected chi connectivity index (χ0v) is 11.4. The van der Waals surface area contributed by atoms with Crippen LogP contribution in [0.15, 0.2) is 10.9 Å². The minimum Gasteiger partial charge on any atom is -0.390 e. The van der Waals surface area contributed by atoms with E-state index >= 15 is 0 Å². The molecule has 1 saturated heterocycles.